The highest BCUT2D eigenvalue weighted by Gasteiger charge is 2.53. The molecule has 2 aliphatic rings. The highest BCUT2D eigenvalue weighted by Crippen LogP contribution is 2.40. The quantitative estimate of drug-likeness (QED) is 0.425. The van der Waals surface area contributed by atoms with Crippen molar-refractivity contribution in [2.45, 2.75) is 84.3 Å². The molecule has 6 nitrogen and oxygen atoms in total. The number of ether oxygens (including phenoxy) is 1. The van der Waals surface area contributed by atoms with Gasteiger partial charge in [-0.3, -0.25) is 14.5 Å². The zero-order valence-corrected chi connectivity index (χ0v) is 19.8. The largest absolute Gasteiger partial charge is 0.468 e. The maximum Gasteiger partial charge on any atom is 0.266 e. The minimum Gasteiger partial charge on any atom is -0.468 e. The van der Waals surface area contributed by atoms with E-state index >= 15 is 0 Å². The van der Waals surface area contributed by atoms with E-state index in [1.54, 1.807) is 4.90 Å². The first-order valence-corrected chi connectivity index (χ1v) is 12.9. The Morgan fingerprint density at radius 1 is 1.37 bits per heavy atom. The molecule has 4 atom stereocenters. The second-order valence-electron chi connectivity index (χ2n) is 9.97. The molecular formula is C19H34N2O4SSi. The molecule has 0 radical (unpaired) electrons. The molecule has 0 aromatic rings. The van der Waals surface area contributed by atoms with E-state index in [9.17, 15) is 9.59 Å². The average Bonchev–Trinajstić information content (AvgIpc) is 2.74. The van der Waals surface area contributed by atoms with E-state index in [0.717, 1.165) is 0 Å². The fourth-order valence-corrected chi connectivity index (χ4v) is 5.26. The molecule has 0 bridgehead atoms. The van der Waals surface area contributed by atoms with Gasteiger partial charge in [-0.15, -0.1) is 0 Å². The molecule has 27 heavy (non-hydrogen) atoms. The molecule has 0 spiro atoms. The van der Waals surface area contributed by atoms with Crippen molar-refractivity contribution in [3.8, 4) is 0 Å². The number of carbonyl (C=O) groups is 2. The maximum atomic E-state index is 13.1. The Labute approximate surface area is 169 Å². The van der Waals surface area contributed by atoms with Gasteiger partial charge in [0.05, 0.1) is 29.5 Å². The van der Waals surface area contributed by atoms with Gasteiger partial charge in [0.15, 0.2) is 8.32 Å². The minimum atomic E-state index is -2.01. The predicted octanol–water partition coefficient (Wildman–Crippen LogP) is 3.07. The normalized spacial score (nSPS) is 27.5. The third kappa shape index (κ3) is 4.07. The molecular weight excluding hydrogens is 380 g/mol. The fourth-order valence-electron chi connectivity index (χ4n) is 3.43. The van der Waals surface area contributed by atoms with Crippen LogP contribution in [0.3, 0.4) is 0 Å². The summed E-state index contributed by atoms with van der Waals surface area (Å²) in [5.74, 6) is -0.905. The molecule has 2 rings (SSSR count). The highest BCUT2D eigenvalue weighted by atomic mass is 32.1. The van der Waals surface area contributed by atoms with Crippen LogP contribution in [-0.2, 0) is 18.8 Å². The number of nitrogens with zero attached hydrogens (tertiary/aromatic N) is 1. The molecule has 8 heteroatoms. The molecule has 2 fully saturated rings. The summed E-state index contributed by atoms with van der Waals surface area (Å²) < 4.78 is 11.8. The summed E-state index contributed by atoms with van der Waals surface area (Å²) in [5, 5.41) is 3.18. The predicted molar refractivity (Wildman–Crippen MR) is 112 cm³/mol. The van der Waals surface area contributed by atoms with Crippen molar-refractivity contribution in [2.24, 2.45) is 11.8 Å². The lowest BCUT2D eigenvalue weighted by atomic mass is 9.78. The first-order valence-electron chi connectivity index (χ1n) is 9.59. The van der Waals surface area contributed by atoms with E-state index in [4.69, 9.17) is 21.4 Å². The zero-order chi connectivity index (χ0) is 20.9. The number of hydrogen-bond acceptors (Lipinski definition) is 5. The van der Waals surface area contributed by atoms with Gasteiger partial charge in [-0.25, -0.2) is 0 Å². The van der Waals surface area contributed by atoms with Gasteiger partial charge in [-0.1, -0.05) is 27.7 Å². The SMILES string of the molecule is C[C@@H](O[Si](C)(C)C(C)(C)C)C1C(=O)NC1[C@@H](C)C(=O)N1C(=S)OCC1(C)C. The molecule has 1 N–H and O–H groups in total. The van der Waals surface area contributed by atoms with Crippen LogP contribution in [0.1, 0.15) is 48.5 Å². The number of thiocarbonyl (C=S) groups is 1. The number of carbonyl (C=O) groups excluding carboxylic acids is 2. The van der Waals surface area contributed by atoms with Gasteiger partial charge in [-0.05, 0) is 51.1 Å². The number of amides is 2. The Kier molecular flexibility index (Phi) is 5.88. The van der Waals surface area contributed by atoms with E-state index < -0.39 is 19.8 Å². The second-order valence-corrected chi connectivity index (χ2v) is 15.1. The fraction of sp³-hybridized carbons (Fsp3) is 0.842. The standard InChI is InChI=1S/C19H34N2O4SSi/c1-11(16(23)21-17(26)24-10-19(21,6)7)14-13(15(22)20-14)12(2)25-27(8,9)18(3,4)5/h11-14H,10H2,1-9H3,(H,20,22)/t11-,12-,13?,14?/m1/s1. The topological polar surface area (TPSA) is 67.9 Å². The Balaban J connectivity index is 2.13. The van der Waals surface area contributed by atoms with Crippen molar-refractivity contribution in [1.82, 2.24) is 10.2 Å². The molecule has 0 saturated carbocycles. The molecule has 2 aliphatic heterocycles. The summed E-state index contributed by atoms with van der Waals surface area (Å²) in [5.41, 5.74) is -0.477. The van der Waals surface area contributed by atoms with Gasteiger partial charge >= 0.3 is 0 Å². The lowest BCUT2D eigenvalue weighted by molar-refractivity contribution is -0.147. The summed E-state index contributed by atoms with van der Waals surface area (Å²) in [6.45, 7) is 18.9. The van der Waals surface area contributed by atoms with Gasteiger partial charge in [-0.2, -0.15) is 0 Å². The molecule has 0 aliphatic carbocycles. The van der Waals surface area contributed by atoms with Gasteiger partial charge < -0.3 is 14.5 Å². The summed E-state index contributed by atoms with van der Waals surface area (Å²) in [6.07, 6.45) is -0.241. The van der Waals surface area contributed by atoms with Crippen LogP contribution < -0.4 is 5.32 Å². The second kappa shape index (κ2) is 7.11. The van der Waals surface area contributed by atoms with Gasteiger partial charge in [0.2, 0.25) is 11.8 Å². The third-order valence-corrected chi connectivity index (χ3v) is 11.2. The van der Waals surface area contributed by atoms with Crippen LogP contribution in [0.25, 0.3) is 0 Å². The molecule has 2 heterocycles. The van der Waals surface area contributed by atoms with Crippen LogP contribution >= 0.6 is 12.2 Å². The molecule has 0 aromatic carbocycles. The molecule has 0 aromatic heterocycles. The maximum absolute atomic E-state index is 13.1. The monoisotopic (exact) mass is 414 g/mol. The number of β-lactam (4-membered cyclic amide) rings is 1. The smallest absolute Gasteiger partial charge is 0.266 e. The van der Waals surface area contributed by atoms with E-state index in [-0.39, 0.29) is 40.1 Å². The Bertz CT molecular complexity index is 644. The zero-order valence-electron chi connectivity index (χ0n) is 18.0. The number of rotatable bonds is 5. The average molecular weight is 415 g/mol. The van der Waals surface area contributed by atoms with Crippen LogP contribution in [0.2, 0.25) is 18.1 Å². The Hall–Kier alpha value is -0.993. The van der Waals surface area contributed by atoms with Crippen molar-refractivity contribution in [1.29, 1.82) is 0 Å². The van der Waals surface area contributed by atoms with Crippen molar-refractivity contribution in [3.05, 3.63) is 0 Å². The Morgan fingerprint density at radius 3 is 2.33 bits per heavy atom. The van der Waals surface area contributed by atoms with Gasteiger partial charge in [0, 0.05) is 0 Å². The van der Waals surface area contributed by atoms with Crippen LogP contribution in [0.5, 0.6) is 0 Å². The van der Waals surface area contributed by atoms with Crippen LogP contribution in [0, 0.1) is 11.8 Å². The summed E-state index contributed by atoms with van der Waals surface area (Å²) in [7, 11) is -2.01. The summed E-state index contributed by atoms with van der Waals surface area (Å²) >= 11 is 5.22. The highest BCUT2D eigenvalue weighted by molar-refractivity contribution is 7.80. The van der Waals surface area contributed by atoms with E-state index in [1.165, 1.54) is 0 Å². The molecule has 2 saturated heterocycles. The van der Waals surface area contributed by atoms with Crippen molar-refractivity contribution < 1.29 is 18.8 Å². The van der Waals surface area contributed by atoms with Crippen LogP contribution in [0.4, 0.5) is 0 Å². The van der Waals surface area contributed by atoms with Crippen molar-refractivity contribution >= 4 is 37.5 Å². The minimum absolute atomic E-state index is 0.0506. The molecule has 2 amide bonds. The van der Waals surface area contributed by atoms with E-state index in [1.807, 2.05) is 27.7 Å². The number of nitrogens with one attached hydrogen (secondary N) is 1. The van der Waals surface area contributed by atoms with E-state index in [2.05, 4.69) is 39.2 Å². The first-order chi connectivity index (χ1) is 12.1. The van der Waals surface area contributed by atoms with Crippen molar-refractivity contribution in [3.63, 3.8) is 0 Å². The molecule has 2 unspecified atom stereocenters. The number of hydrogen-bond donors (Lipinski definition) is 1. The van der Waals surface area contributed by atoms with Gasteiger partial charge in [0.25, 0.3) is 5.17 Å². The lowest BCUT2D eigenvalue weighted by Gasteiger charge is -2.47. The first kappa shape index (κ1) is 22.3. The van der Waals surface area contributed by atoms with Crippen LogP contribution in [0.15, 0.2) is 0 Å². The summed E-state index contributed by atoms with van der Waals surface area (Å²) in [4.78, 5) is 27.0. The third-order valence-electron chi connectivity index (χ3n) is 6.28. The lowest BCUT2D eigenvalue weighted by Crippen LogP contribution is -2.68. The van der Waals surface area contributed by atoms with E-state index in [0.29, 0.717) is 6.61 Å². The Morgan fingerprint density at radius 2 is 1.93 bits per heavy atom. The van der Waals surface area contributed by atoms with Crippen molar-refractivity contribution in [2.75, 3.05) is 6.61 Å². The van der Waals surface area contributed by atoms with Crippen LogP contribution in [-0.4, -0.2) is 54.5 Å². The van der Waals surface area contributed by atoms with Gasteiger partial charge in [0.1, 0.15) is 6.61 Å². The summed E-state index contributed by atoms with van der Waals surface area (Å²) in [6, 6.07) is -0.260. The molecule has 154 valence electrons.